The molecule has 0 atom stereocenters. The van der Waals surface area contributed by atoms with Gasteiger partial charge in [-0.15, -0.1) is 0 Å². The fraction of sp³-hybridized carbons (Fsp3) is 0.556. The highest BCUT2D eigenvalue weighted by Crippen LogP contribution is 2.19. The van der Waals surface area contributed by atoms with Crippen molar-refractivity contribution in [2.24, 2.45) is 5.92 Å². The minimum Gasteiger partial charge on any atom is -0.496 e. The first-order valence-electron chi connectivity index (χ1n) is 8.23. The van der Waals surface area contributed by atoms with Crippen LogP contribution in [0.3, 0.4) is 0 Å². The molecule has 0 aromatic heterocycles. The van der Waals surface area contributed by atoms with Crippen LogP contribution in [0, 0.1) is 5.92 Å². The quantitative estimate of drug-likeness (QED) is 0.907. The molecule has 5 nitrogen and oxygen atoms in total. The molecule has 0 spiro atoms. The van der Waals surface area contributed by atoms with Gasteiger partial charge in [0.15, 0.2) is 0 Å². The van der Waals surface area contributed by atoms with Crippen LogP contribution in [-0.4, -0.2) is 43.0 Å². The third-order valence-corrected chi connectivity index (χ3v) is 4.12. The zero-order chi connectivity index (χ0) is 16.8. The summed E-state index contributed by atoms with van der Waals surface area (Å²) < 4.78 is 5.23. The Balaban J connectivity index is 1.86. The second-order valence-electron chi connectivity index (χ2n) is 6.43. The van der Waals surface area contributed by atoms with Gasteiger partial charge in [0.05, 0.1) is 12.7 Å². The van der Waals surface area contributed by atoms with Gasteiger partial charge in [0.1, 0.15) is 5.75 Å². The summed E-state index contributed by atoms with van der Waals surface area (Å²) in [7, 11) is 1.56. The number of ether oxygens (including phenoxy) is 1. The van der Waals surface area contributed by atoms with Crippen LogP contribution in [0.15, 0.2) is 24.3 Å². The normalized spacial score (nSPS) is 15.6. The van der Waals surface area contributed by atoms with Crippen molar-refractivity contribution >= 4 is 11.8 Å². The Hall–Kier alpha value is -2.04. The van der Waals surface area contributed by atoms with Crippen LogP contribution >= 0.6 is 0 Å². The number of piperidine rings is 1. The molecule has 1 aliphatic heterocycles. The Labute approximate surface area is 138 Å². The molecule has 1 fully saturated rings. The van der Waals surface area contributed by atoms with E-state index in [1.165, 1.54) is 0 Å². The molecule has 0 bridgehead atoms. The predicted octanol–water partition coefficient (Wildman–Crippen LogP) is 2.46. The molecular weight excluding hydrogens is 292 g/mol. The number of nitrogens with zero attached hydrogens (tertiary/aromatic N) is 1. The fourth-order valence-electron chi connectivity index (χ4n) is 2.85. The highest BCUT2D eigenvalue weighted by molar-refractivity contribution is 5.97. The van der Waals surface area contributed by atoms with Crippen molar-refractivity contribution in [2.45, 2.75) is 39.2 Å². The van der Waals surface area contributed by atoms with Gasteiger partial charge in [0.25, 0.3) is 5.91 Å². The number of likely N-dealkylation sites (tertiary alicyclic amines) is 1. The predicted molar refractivity (Wildman–Crippen MR) is 89.5 cm³/mol. The van der Waals surface area contributed by atoms with E-state index in [0.29, 0.717) is 36.7 Å². The second kappa shape index (κ2) is 7.99. The lowest BCUT2D eigenvalue weighted by Crippen LogP contribution is -2.46. The number of rotatable bonds is 5. The van der Waals surface area contributed by atoms with Crippen molar-refractivity contribution in [1.82, 2.24) is 10.2 Å². The van der Waals surface area contributed by atoms with Crippen LogP contribution in [0.5, 0.6) is 5.75 Å². The average molecular weight is 318 g/mol. The Bertz CT molecular complexity index is 549. The van der Waals surface area contributed by atoms with Gasteiger partial charge in [0, 0.05) is 25.6 Å². The lowest BCUT2D eigenvalue weighted by molar-refractivity contribution is -0.133. The number of carbonyl (C=O) groups is 2. The summed E-state index contributed by atoms with van der Waals surface area (Å²) in [4.78, 5) is 26.4. The monoisotopic (exact) mass is 318 g/mol. The summed E-state index contributed by atoms with van der Waals surface area (Å²) in [6.07, 6.45) is 2.19. The van der Waals surface area contributed by atoms with Crippen molar-refractivity contribution < 1.29 is 14.3 Å². The Morgan fingerprint density at radius 1 is 1.26 bits per heavy atom. The van der Waals surface area contributed by atoms with Gasteiger partial charge in [-0.3, -0.25) is 9.59 Å². The molecular formula is C18H26N2O3. The van der Waals surface area contributed by atoms with E-state index < -0.39 is 0 Å². The number of benzene rings is 1. The Morgan fingerprint density at radius 3 is 2.52 bits per heavy atom. The minimum absolute atomic E-state index is 0.107. The second-order valence-corrected chi connectivity index (χ2v) is 6.43. The maximum absolute atomic E-state index is 12.4. The molecule has 0 saturated carbocycles. The van der Waals surface area contributed by atoms with E-state index in [4.69, 9.17) is 4.74 Å². The van der Waals surface area contributed by atoms with Gasteiger partial charge >= 0.3 is 0 Å². The van der Waals surface area contributed by atoms with Gasteiger partial charge in [-0.05, 0) is 30.9 Å². The third-order valence-electron chi connectivity index (χ3n) is 4.12. The van der Waals surface area contributed by atoms with Crippen LogP contribution in [0.2, 0.25) is 0 Å². The third kappa shape index (κ3) is 4.71. The number of hydrogen-bond donors (Lipinski definition) is 1. The smallest absolute Gasteiger partial charge is 0.255 e. The molecule has 1 heterocycles. The molecule has 23 heavy (non-hydrogen) atoms. The number of amides is 2. The average Bonchev–Trinajstić information content (AvgIpc) is 2.54. The van der Waals surface area contributed by atoms with Gasteiger partial charge in [-0.1, -0.05) is 26.0 Å². The molecule has 2 amide bonds. The SMILES string of the molecule is COc1ccccc1C(=O)NC1CCN(C(=O)CC(C)C)CC1. The molecule has 126 valence electrons. The Kier molecular flexibility index (Phi) is 6.02. The van der Waals surface area contributed by atoms with Crippen LogP contribution < -0.4 is 10.1 Å². The lowest BCUT2D eigenvalue weighted by atomic mass is 10.0. The van der Waals surface area contributed by atoms with Gasteiger partial charge in [0.2, 0.25) is 5.91 Å². The van der Waals surface area contributed by atoms with E-state index in [2.05, 4.69) is 19.2 Å². The number of para-hydroxylation sites is 1. The number of nitrogens with one attached hydrogen (secondary N) is 1. The number of methoxy groups -OCH3 is 1. The maximum atomic E-state index is 12.4. The van der Waals surface area contributed by atoms with E-state index in [0.717, 1.165) is 12.8 Å². The summed E-state index contributed by atoms with van der Waals surface area (Å²) in [5.74, 6) is 1.06. The van der Waals surface area contributed by atoms with Crippen LogP contribution in [0.1, 0.15) is 43.5 Å². The first-order chi connectivity index (χ1) is 11.0. The molecule has 1 N–H and O–H groups in total. The van der Waals surface area contributed by atoms with Crippen molar-refractivity contribution in [3.05, 3.63) is 29.8 Å². The standard InChI is InChI=1S/C18H26N2O3/c1-13(2)12-17(21)20-10-8-14(9-11-20)19-18(22)15-6-4-5-7-16(15)23-3/h4-7,13-14H,8-12H2,1-3H3,(H,19,22). The van der Waals surface area contributed by atoms with Gasteiger partial charge in [-0.2, -0.15) is 0 Å². The topological polar surface area (TPSA) is 58.6 Å². The van der Waals surface area contributed by atoms with Crippen molar-refractivity contribution in [1.29, 1.82) is 0 Å². The Morgan fingerprint density at radius 2 is 1.91 bits per heavy atom. The van der Waals surface area contributed by atoms with Crippen LogP contribution in [-0.2, 0) is 4.79 Å². The van der Waals surface area contributed by atoms with Crippen molar-refractivity contribution in [3.8, 4) is 5.75 Å². The van der Waals surface area contributed by atoms with E-state index in [1.54, 1.807) is 19.2 Å². The molecule has 1 saturated heterocycles. The van der Waals surface area contributed by atoms with Crippen LogP contribution in [0.4, 0.5) is 0 Å². The summed E-state index contributed by atoms with van der Waals surface area (Å²) in [5, 5.41) is 3.05. The first kappa shape index (κ1) is 17.3. The molecule has 1 aliphatic rings. The summed E-state index contributed by atoms with van der Waals surface area (Å²) >= 11 is 0. The molecule has 5 heteroatoms. The first-order valence-corrected chi connectivity index (χ1v) is 8.23. The van der Waals surface area contributed by atoms with Gasteiger partial charge < -0.3 is 15.0 Å². The maximum Gasteiger partial charge on any atom is 0.255 e. The lowest BCUT2D eigenvalue weighted by Gasteiger charge is -2.33. The highest BCUT2D eigenvalue weighted by atomic mass is 16.5. The number of hydrogen-bond acceptors (Lipinski definition) is 3. The van der Waals surface area contributed by atoms with Crippen LogP contribution in [0.25, 0.3) is 0 Å². The van der Waals surface area contributed by atoms with Crippen molar-refractivity contribution in [2.75, 3.05) is 20.2 Å². The van der Waals surface area contributed by atoms with E-state index in [9.17, 15) is 9.59 Å². The highest BCUT2D eigenvalue weighted by Gasteiger charge is 2.25. The fourth-order valence-corrected chi connectivity index (χ4v) is 2.85. The number of carbonyl (C=O) groups excluding carboxylic acids is 2. The molecule has 2 rings (SSSR count). The van der Waals surface area contributed by atoms with Crippen molar-refractivity contribution in [3.63, 3.8) is 0 Å². The van der Waals surface area contributed by atoms with E-state index >= 15 is 0 Å². The minimum atomic E-state index is -0.116. The zero-order valence-corrected chi connectivity index (χ0v) is 14.2. The summed E-state index contributed by atoms with van der Waals surface area (Å²) in [6, 6.07) is 7.31. The molecule has 0 radical (unpaired) electrons. The molecule has 0 unspecified atom stereocenters. The van der Waals surface area contributed by atoms with E-state index in [1.807, 2.05) is 17.0 Å². The largest absolute Gasteiger partial charge is 0.496 e. The van der Waals surface area contributed by atoms with E-state index in [-0.39, 0.29) is 17.9 Å². The molecule has 0 aliphatic carbocycles. The molecule has 1 aromatic rings. The summed E-state index contributed by atoms with van der Waals surface area (Å²) in [6.45, 7) is 5.53. The van der Waals surface area contributed by atoms with Gasteiger partial charge in [-0.25, -0.2) is 0 Å². The zero-order valence-electron chi connectivity index (χ0n) is 14.2. The summed E-state index contributed by atoms with van der Waals surface area (Å²) in [5.41, 5.74) is 0.549. The molecule has 1 aromatic carbocycles.